The van der Waals surface area contributed by atoms with Gasteiger partial charge in [-0.15, -0.1) is 0 Å². The summed E-state index contributed by atoms with van der Waals surface area (Å²) in [7, 11) is 0.692. The molecule has 2 heterocycles. The number of aromatic amines is 1. The lowest BCUT2D eigenvalue weighted by molar-refractivity contribution is -0.0911. The maximum Gasteiger partial charge on any atom is 0.330 e. The van der Waals surface area contributed by atoms with Crippen LogP contribution in [-0.4, -0.2) is 47.5 Å². The average molecular weight is 641 g/mol. The minimum absolute atomic E-state index is 0. The van der Waals surface area contributed by atoms with Gasteiger partial charge in [0.25, 0.3) is 5.56 Å². The summed E-state index contributed by atoms with van der Waals surface area (Å²) < 4.78 is 31.2. The average Bonchev–Trinajstić information content (AvgIpc) is 3.41. The predicted octanol–water partition coefficient (Wildman–Crippen LogP) is 4.68. The van der Waals surface area contributed by atoms with Gasteiger partial charge in [-0.3, -0.25) is 14.3 Å². The monoisotopic (exact) mass is 640 g/mol. The van der Waals surface area contributed by atoms with Crippen LogP contribution in [0.5, 0.6) is 11.5 Å². The highest BCUT2D eigenvalue weighted by Crippen LogP contribution is 2.43. The van der Waals surface area contributed by atoms with Crippen molar-refractivity contribution in [3.63, 3.8) is 0 Å². The summed E-state index contributed by atoms with van der Waals surface area (Å²) in [6.07, 6.45) is -0.479. The fourth-order valence-electron chi connectivity index (χ4n) is 5.36. The van der Waals surface area contributed by atoms with Gasteiger partial charge in [0.2, 0.25) is 0 Å². The quantitative estimate of drug-likeness (QED) is 0.178. The summed E-state index contributed by atoms with van der Waals surface area (Å²) >= 11 is 5.02. The summed E-state index contributed by atoms with van der Waals surface area (Å²) in [4.78, 5) is 37.0. The number of hydrogen-bond acceptors (Lipinski definition) is 8. The first kappa shape index (κ1) is 33.3. The van der Waals surface area contributed by atoms with Crippen LogP contribution in [0, 0.1) is 6.92 Å². The number of nitrogens with zero attached hydrogens (tertiary/aromatic N) is 1. The van der Waals surface area contributed by atoms with Gasteiger partial charge in [0.05, 0.1) is 26.9 Å². The number of nitrogens with one attached hydrogen (secondary N) is 1. The predicted molar refractivity (Wildman–Crippen MR) is 172 cm³/mol. The molecule has 0 saturated carbocycles. The van der Waals surface area contributed by atoms with Crippen LogP contribution in [0.3, 0.4) is 0 Å². The standard InChI is InChI=1S/C31H33N2O8PS.CH4/c1-20-18-33(30(35)32-29(20)34)28-17-26(41-42(36)43)27(40-28)19-39-31(21-7-5-4-6-8-21,22-9-13-24(37-2)14-10-22)23-11-15-25(38-3)16-12-23;/h4-16,18,26-28,42H,17,19H2,1-3H3,(H,36,43)(H,32,34,35);1H4/t26?,27-,28-;/m1./s1. The maximum absolute atomic E-state index is 12.7. The number of rotatable bonds is 11. The van der Waals surface area contributed by atoms with E-state index in [9.17, 15) is 14.5 Å². The van der Waals surface area contributed by atoms with E-state index in [4.69, 9.17) is 35.3 Å². The van der Waals surface area contributed by atoms with Gasteiger partial charge in [0.1, 0.15) is 29.4 Å². The number of ether oxygens (including phenoxy) is 4. The molecule has 0 spiro atoms. The van der Waals surface area contributed by atoms with Gasteiger partial charge in [0, 0.05) is 18.2 Å². The van der Waals surface area contributed by atoms with Crippen molar-refractivity contribution in [2.45, 2.75) is 44.8 Å². The Morgan fingerprint density at radius 1 is 0.955 bits per heavy atom. The first-order chi connectivity index (χ1) is 20.7. The molecule has 44 heavy (non-hydrogen) atoms. The molecule has 1 saturated heterocycles. The number of methoxy groups -OCH3 is 2. The van der Waals surface area contributed by atoms with Crippen molar-refractivity contribution in [3.05, 3.63) is 128 Å². The molecule has 1 aromatic heterocycles. The maximum atomic E-state index is 12.7. The van der Waals surface area contributed by atoms with Crippen LogP contribution < -0.4 is 20.7 Å². The van der Waals surface area contributed by atoms with Crippen molar-refractivity contribution in [2.75, 3.05) is 20.8 Å². The van der Waals surface area contributed by atoms with E-state index in [2.05, 4.69) is 4.98 Å². The van der Waals surface area contributed by atoms with Crippen LogP contribution >= 0.6 is 7.15 Å². The fourth-order valence-corrected chi connectivity index (χ4v) is 6.23. The van der Waals surface area contributed by atoms with E-state index in [0.717, 1.165) is 16.7 Å². The third-order valence-electron chi connectivity index (χ3n) is 7.53. The van der Waals surface area contributed by atoms with Crippen molar-refractivity contribution in [1.29, 1.82) is 0 Å². The second-order valence-electron chi connectivity index (χ2n) is 10.1. The van der Waals surface area contributed by atoms with Gasteiger partial charge >= 0.3 is 5.69 Å². The number of aromatic nitrogens is 2. The van der Waals surface area contributed by atoms with E-state index in [1.54, 1.807) is 21.1 Å². The summed E-state index contributed by atoms with van der Waals surface area (Å²) in [5, 5.41) is 0. The van der Waals surface area contributed by atoms with E-state index in [0.29, 0.717) is 17.1 Å². The molecule has 1 aliphatic rings. The van der Waals surface area contributed by atoms with Gasteiger partial charge in [-0.05, 0) is 59.7 Å². The molecule has 4 aromatic rings. The van der Waals surface area contributed by atoms with E-state index < -0.39 is 42.4 Å². The highest BCUT2D eigenvalue weighted by Gasteiger charge is 2.43. The minimum atomic E-state index is -2.53. The molecule has 0 radical (unpaired) electrons. The van der Waals surface area contributed by atoms with E-state index in [-0.39, 0.29) is 20.5 Å². The molecule has 0 bridgehead atoms. The zero-order chi connectivity index (χ0) is 30.6. The number of benzene rings is 3. The molecule has 0 amide bonds. The van der Waals surface area contributed by atoms with Crippen molar-refractivity contribution in [2.24, 2.45) is 0 Å². The van der Waals surface area contributed by atoms with Gasteiger partial charge in [-0.1, -0.05) is 62.0 Å². The molecule has 0 aliphatic carbocycles. The zero-order valence-corrected chi connectivity index (χ0v) is 25.7. The molecule has 3 aromatic carbocycles. The summed E-state index contributed by atoms with van der Waals surface area (Å²) in [5.41, 5.74) is 0.697. The number of H-pyrrole nitrogens is 1. The van der Waals surface area contributed by atoms with Crippen LogP contribution in [0.2, 0.25) is 0 Å². The topological polar surface area (TPSA) is 121 Å². The van der Waals surface area contributed by atoms with Gasteiger partial charge in [-0.2, -0.15) is 0 Å². The molecule has 5 rings (SSSR count). The van der Waals surface area contributed by atoms with Crippen molar-refractivity contribution in [1.82, 2.24) is 9.55 Å². The lowest BCUT2D eigenvalue weighted by Gasteiger charge is -2.37. The van der Waals surface area contributed by atoms with E-state index >= 15 is 0 Å². The van der Waals surface area contributed by atoms with E-state index in [1.807, 2.05) is 78.9 Å². The highest BCUT2D eigenvalue weighted by atomic mass is 32.4. The Morgan fingerprint density at radius 3 is 2.02 bits per heavy atom. The molecule has 2 N–H and O–H groups in total. The Kier molecular flexibility index (Phi) is 11.0. The summed E-state index contributed by atoms with van der Waals surface area (Å²) in [6, 6.07) is 25.1. The molecule has 2 unspecified atom stereocenters. The molecule has 1 fully saturated rings. The Morgan fingerprint density at radius 2 is 1.50 bits per heavy atom. The largest absolute Gasteiger partial charge is 0.497 e. The third-order valence-corrected chi connectivity index (χ3v) is 8.32. The normalized spacial score (nSPS) is 18.8. The van der Waals surface area contributed by atoms with Gasteiger partial charge in [0.15, 0.2) is 7.15 Å². The molecule has 1 aliphatic heterocycles. The van der Waals surface area contributed by atoms with Crippen molar-refractivity contribution in [3.8, 4) is 11.5 Å². The highest BCUT2D eigenvalue weighted by molar-refractivity contribution is 8.00. The second kappa shape index (κ2) is 14.5. The first-order valence-electron chi connectivity index (χ1n) is 13.6. The van der Waals surface area contributed by atoms with Crippen LogP contribution in [-0.2, 0) is 31.4 Å². The Labute approximate surface area is 261 Å². The summed E-state index contributed by atoms with van der Waals surface area (Å²) in [5.74, 6) is 1.39. The Balaban J connectivity index is 0.00000442. The lowest BCUT2D eigenvalue weighted by atomic mass is 9.80. The van der Waals surface area contributed by atoms with Crippen molar-refractivity contribution >= 4 is 19.0 Å². The Bertz CT molecular complexity index is 1630. The molecule has 10 nitrogen and oxygen atoms in total. The summed E-state index contributed by atoms with van der Waals surface area (Å²) in [6.45, 7) is 1.62. The number of aryl methyl sites for hydroxylation is 1. The zero-order valence-electron chi connectivity index (χ0n) is 23.9. The Hall–Kier alpha value is -3.57. The van der Waals surface area contributed by atoms with Gasteiger partial charge < -0.3 is 28.4 Å². The van der Waals surface area contributed by atoms with Crippen LogP contribution in [0.15, 0.2) is 94.6 Å². The SMILES string of the molecule is C.COc1ccc(C(OC[C@H]2O[C@@H](n3cc(C)c(=O)[nH]c3=O)CC2O[PH](O)=S)(c2ccccc2)c2ccc(OC)cc2)cc1. The number of hydrogen-bond donors (Lipinski definition) is 2. The van der Waals surface area contributed by atoms with E-state index in [1.165, 1.54) is 10.8 Å². The second-order valence-corrected chi connectivity index (χ2v) is 11.9. The minimum Gasteiger partial charge on any atom is -0.497 e. The van der Waals surface area contributed by atoms with Crippen LogP contribution in [0.25, 0.3) is 0 Å². The fraction of sp³-hybridized carbons (Fsp3) is 0.312. The van der Waals surface area contributed by atoms with Gasteiger partial charge in [-0.25, -0.2) is 4.79 Å². The smallest absolute Gasteiger partial charge is 0.330 e. The third kappa shape index (κ3) is 6.89. The molecular formula is C32H37N2O8PS. The lowest BCUT2D eigenvalue weighted by Crippen LogP contribution is -2.38. The van der Waals surface area contributed by atoms with Crippen LogP contribution in [0.4, 0.5) is 0 Å². The first-order valence-corrected chi connectivity index (χ1v) is 16.1. The molecular weight excluding hydrogens is 603 g/mol. The molecule has 4 atom stereocenters. The molecule has 234 valence electrons. The van der Waals surface area contributed by atoms with Crippen LogP contribution in [0.1, 0.15) is 42.3 Å². The van der Waals surface area contributed by atoms with Crippen molar-refractivity contribution < 1.29 is 28.4 Å². The molecule has 12 heteroatoms.